The summed E-state index contributed by atoms with van der Waals surface area (Å²) < 4.78 is 6.20. The summed E-state index contributed by atoms with van der Waals surface area (Å²) in [6, 6.07) is 12.4. The summed E-state index contributed by atoms with van der Waals surface area (Å²) in [6.45, 7) is 4.05. The van der Waals surface area contributed by atoms with Crippen molar-refractivity contribution >= 4 is 51.4 Å². The van der Waals surface area contributed by atoms with Gasteiger partial charge in [-0.25, -0.2) is 0 Å². The number of ketones is 2. The normalized spacial score (nSPS) is 19.1. The van der Waals surface area contributed by atoms with Gasteiger partial charge in [-0.1, -0.05) is 48.5 Å². The van der Waals surface area contributed by atoms with E-state index in [1.165, 1.54) is 29.4 Å². The number of rotatable bonds is 6. The van der Waals surface area contributed by atoms with E-state index < -0.39 is 5.92 Å². The molecular formula is C26H22ClN5O3S2. The zero-order valence-electron chi connectivity index (χ0n) is 20.0. The average molecular weight is 552 g/mol. The van der Waals surface area contributed by atoms with E-state index in [1.54, 1.807) is 41.3 Å². The highest BCUT2D eigenvalue weighted by atomic mass is 35.5. The van der Waals surface area contributed by atoms with Crippen LogP contribution in [0.1, 0.15) is 48.7 Å². The molecule has 2 N–H and O–H groups in total. The second kappa shape index (κ2) is 9.82. The zero-order valence-corrected chi connectivity index (χ0v) is 22.4. The molecule has 11 heteroatoms. The molecule has 0 saturated heterocycles. The van der Waals surface area contributed by atoms with E-state index in [9.17, 15) is 14.9 Å². The fourth-order valence-electron chi connectivity index (χ4n) is 4.66. The smallest absolute Gasteiger partial charge is 0.219 e. The molecule has 0 bridgehead atoms. The summed E-state index contributed by atoms with van der Waals surface area (Å²) in [5.74, 6) is 0.0742. The van der Waals surface area contributed by atoms with Crippen molar-refractivity contribution in [1.82, 2.24) is 10.2 Å². The number of hydrogen-bond donors (Lipinski definition) is 1. The number of nitrogens with two attached hydrogens (primary N) is 1. The fraction of sp³-hybridized carbons (Fsp3) is 0.269. The van der Waals surface area contributed by atoms with Gasteiger partial charge in [0.25, 0.3) is 0 Å². The van der Waals surface area contributed by atoms with Crippen LogP contribution in [-0.2, 0) is 4.79 Å². The highest BCUT2D eigenvalue weighted by Gasteiger charge is 2.46. The monoisotopic (exact) mass is 551 g/mol. The van der Waals surface area contributed by atoms with Gasteiger partial charge in [-0.2, -0.15) is 5.26 Å². The predicted molar refractivity (Wildman–Crippen MR) is 142 cm³/mol. The number of Topliss-reactive ketones (excluding diaryl/α,β-unsaturated/α-hetero) is 2. The molecule has 0 saturated carbocycles. The largest absolute Gasteiger partial charge is 0.468 e. The van der Waals surface area contributed by atoms with Crippen LogP contribution in [-0.4, -0.2) is 27.5 Å². The van der Waals surface area contributed by atoms with Crippen LogP contribution in [0.25, 0.3) is 0 Å². The number of aromatic nitrogens is 2. The Hall–Kier alpha value is -3.39. The van der Waals surface area contributed by atoms with Gasteiger partial charge in [-0.3, -0.25) is 14.5 Å². The van der Waals surface area contributed by atoms with Crippen molar-refractivity contribution in [2.75, 3.05) is 10.7 Å². The fourth-order valence-corrected chi connectivity index (χ4v) is 6.57. The molecular weight excluding hydrogens is 530 g/mol. The highest BCUT2D eigenvalue weighted by molar-refractivity contribution is 8.01. The minimum Gasteiger partial charge on any atom is -0.468 e. The third kappa shape index (κ3) is 4.82. The molecule has 8 nitrogen and oxygen atoms in total. The van der Waals surface area contributed by atoms with Gasteiger partial charge in [0.05, 0.1) is 29.6 Å². The maximum Gasteiger partial charge on any atom is 0.219 e. The number of hydrogen-bond acceptors (Lipinski definition) is 10. The van der Waals surface area contributed by atoms with Crippen LogP contribution >= 0.6 is 34.7 Å². The molecule has 0 amide bonds. The minimum atomic E-state index is -0.673. The predicted octanol–water partition coefficient (Wildman–Crippen LogP) is 5.70. The van der Waals surface area contributed by atoms with Crippen LogP contribution in [0, 0.1) is 16.7 Å². The Balaban J connectivity index is 1.49. The maximum absolute atomic E-state index is 13.5. The Morgan fingerprint density at radius 1 is 1.30 bits per heavy atom. The lowest BCUT2D eigenvalue weighted by Gasteiger charge is -2.42. The van der Waals surface area contributed by atoms with Crippen molar-refractivity contribution in [3.8, 4) is 6.07 Å². The molecule has 5 rings (SSSR count). The summed E-state index contributed by atoms with van der Waals surface area (Å²) in [5.41, 5.74) is 8.27. The standard InChI is InChI=1S/C26H22ClN5O3S2/c1-26(2)10-17-22(18(33)11-26)21(20-4-3-9-35-20)16(12-28)23(29)32(17)24-30-31-25(37-24)36-13-19(34)14-5-7-15(27)8-6-14/h3-9,21H,10-11,13,29H2,1-2H3. The van der Waals surface area contributed by atoms with Gasteiger partial charge in [0.2, 0.25) is 5.13 Å². The van der Waals surface area contributed by atoms with E-state index in [0.29, 0.717) is 49.9 Å². The Morgan fingerprint density at radius 2 is 2.05 bits per heavy atom. The van der Waals surface area contributed by atoms with Gasteiger partial charge in [-0.15, -0.1) is 10.2 Å². The van der Waals surface area contributed by atoms with Gasteiger partial charge in [0.1, 0.15) is 11.6 Å². The zero-order chi connectivity index (χ0) is 26.3. The van der Waals surface area contributed by atoms with E-state index in [0.717, 1.165) is 0 Å². The molecule has 188 valence electrons. The summed E-state index contributed by atoms with van der Waals surface area (Å²) in [4.78, 5) is 27.7. The third-order valence-corrected chi connectivity index (χ3v) is 8.58. The quantitative estimate of drug-likeness (QED) is 0.303. The number of furan rings is 1. The molecule has 2 aliphatic rings. The summed E-state index contributed by atoms with van der Waals surface area (Å²) >= 11 is 8.43. The van der Waals surface area contributed by atoms with Gasteiger partial charge in [-0.05, 0) is 48.2 Å². The van der Waals surface area contributed by atoms with E-state index in [-0.39, 0.29) is 34.1 Å². The molecule has 0 radical (unpaired) electrons. The van der Waals surface area contributed by atoms with E-state index in [1.807, 2.05) is 13.8 Å². The van der Waals surface area contributed by atoms with E-state index >= 15 is 0 Å². The molecule has 3 aromatic rings. The van der Waals surface area contributed by atoms with Crippen LogP contribution in [0.4, 0.5) is 5.13 Å². The summed E-state index contributed by atoms with van der Waals surface area (Å²) in [6.07, 6.45) is 2.42. The lowest BCUT2D eigenvalue weighted by molar-refractivity contribution is -0.118. The van der Waals surface area contributed by atoms with Crippen molar-refractivity contribution in [3.63, 3.8) is 0 Å². The van der Waals surface area contributed by atoms with Crippen LogP contribution < -0.4 is 10.6 Å². The number of nitrogens with zero attached hydrogens (tertiary/aromatic N) is 4. The number of benzene rings is 1. The van der Waals surface area contributed by atoms with Crippen LogP contribution in [0.5, 0.6) is 0 Å². The second-order valence-corrected chi connectivity index (χ2v) is 12.2. The SMILES string of the molecule is CC1(C)CC(=O)C2=C(C1)N(c1nnc(SCC(=O)c3ccc(Cl)cc3)s1)C(N)=C(C#N)C2c1ccco1. The van der Waals surface area contributed by atoms with Crippen molar-refractivity contribution in [2.24, 2.45) is 11.1 Å². The van der Waals surface area contributed by atoms with E-state index in [2.05, 4.69) is 16.3 Å². The molecule has 1 unspecified atom stereocenters. The number of nitriles is 1. The first-order valence-electron chi connectivity index (χ1n) is 11.4. The Bertz CT molecular complexity index is 1480. The number of halogens is 1. The molecule has 1 aromatic carbocycles. The molecule has 3 heterocycles. The van der Waals surface area contributed by atoms with Crippen molar-refractivity contribution in [1.29, 1.82) is 5.26 Å². The molecule has 1 aliphatic carbocycles. The number of anilines is 1. The minimum absolute atomic E-state index is 0.0504. The Kier molecular flexibility index (Phi) is 6.70. The van der Waals surface area contributed by atoms with Gasteiger partial charge < -0.3 is 10.2 Å². The Morgan fingerprint density at radius 3 is 2.73 bits per heavy atom. The topological polar surface area (TPSA) is 126 Å². The van der Waals surface area contributed by atoms with Crippen LogP contribution in [0.15, 0.2) is 74.1 Å². The molecule has 0 spiro atoms. The molecule has 0 fully saturated rings. The number of thioether (sulfide) groups is 1. The summed E-state index contributed by atoms with van der Waals surface area (Å²) in [7, 11) is 0. The Labute approximate surface area is 226 Å². The highest BCUT2D eigenvalue weighted by Crippen LogP contribution is 2.50. The first kappa shape index (κ1) is 25.3. The van der Waals surface area contributed by atoms with Crippen LogP contribution in [0.3, 0.4) is 0 Å². The lowest BCUT2D eigenvalue weighted by Crippen LogP contribution is -2.42. The number of carbonyl (C=O) groups is 2. The van der Waals surface area contributed by atoms with Gasteiger partial charge in [0.15, 0.2) is 15.9 Å². The first-order chi connectivity index (χ1) is 17.7. The molecule has 37 heavy (non-hydrogen) atoms. The summed E-state index contributed by atoms with van der Waals surface area (Å²) in [5, 5.41) is 19.6. The van der Waals surface area contributed by atoms with Crippen molar-refractivity contribution in [3.05, 3.63) is 81.7 Å². The van der Waals surface area contributed by atoms with Gasteiger partial charge >= 0.3 is 0 Å². The second-order valence-electron chi connectivity index (χ2n) is 9.57. The number of allylic oxidation sites excluding steroid dienone is 3. The van der Waals surface area contributed by atoms with Crippen LogP contribution in [0.2, 0.25) is 5.02 Å². The van der Waals surface area contributed by atoms with Crippen molar-refractivity contribution in [2.45, 2.75) is 36.9 Å². The lowest BCUT2D eigenvalue weighted by atomic mass is 9.69. The van der Waals surface area contributed by atoms with Crippen molar-refractivity contribution < 1.29 is 14.0 Å². The maximum atomic E-state index is 13.5. The average Bonchev–Trinajstić information content (AvgIpc) is 3.54. The number of carbonyl (C=O) groups excluding carboxylic acids is 2. The third-order valence-electron chi connectivity index (χ3n) is 6.29. The van der Waals surface area contributed by atoms with E-state index in [4.69, 9.17) is 21.8 Å². The molecule has 2 aromatic heterocycles. The van der Waals surface area contributed by atoms with Gasteiger partial charge in [0, 0.05) is 28.3 Å². The molecule has 1 aliphatic heterocycles. The molecule has 1 atom stereocenters. The first-order valence-corrected chi connectivity index (χ1v) is 13.6.